The zero-order valence-electron chi connectivity index (χ0n) is 15.4. The normalized spacial score (nSPS) is 21.6. The third kappa shape index (κ3) is 3.35. The van der Waals surface area contributed by atoms with Gasteiger partial charge in [-0.2, -0.15) is 0 Å². The molecule has 2 aliphatic rings. The molecule has 6 nitrogen and oxygen atoms in total. The average Bonchev–Trinajstić information content (AvgIpc) is 3.49. The van der Waals surface area contributed by atoms with Gasteiger partial charge in [0, 0.05) is 5.69 Å². The standard InChI is InChI=1S/C21H20FN3O3/c1-21(15-6-7-15)19(27)25(20(28)24-21)12-18(26)23-17-10-4-14(5-11-17)13-2-8-16(22)9-3-13/h2-5,8-11,15H,6-7,12H2,1H3,(H,23,26)(H,24,28)/t21-/m0/s1. The van der Waals surface area contributed by atoms with Crippen molar-refractivity contribution in [3.8, 4) is 11.1 Å². The number of urea groups is 1. The number of carbonyl (C=O) groups excluding carboxylic acids is 3. The van der Waals surface area contributed by atoms with Crippen LogP contribution in [0.25, 0.3) is 11.1 Å². The summed E-state index contributed by atoms with van der Waals surface area (Å²) in [5.74, 6) is -0.943. The van der Waals surface area contributed by atoms with Crippen molar-refractivity contribution >= 4 is 23.5 Å². The maximum Gasteiger partial charge on any atom is 0.325 e. The number of rotatable bonds is 5. The number of hydrogen-bond donors (Lipinski definition) is 2. The minimum atomic E-state index is -0.895. The highest BCUT2D eigenvalue weighted by atomic mass is 19.1. The van der Waals surface area contributed by atoms with Crippen LogP contribution < -0.4 is 10.6 Å². The van der Waals surface area contributed by atoms with Gasteiger partial charge < -0.3 is 10.6 Å². The Balaban J connectivity index is 1.39. The van der Waals surface area contributed by atoms with E-state index in [4.69, 9.17) is 0 Å². The van der Waals surface area contributed by atoms with E-state index in [1.165, 1.54) is 12.1 Å². The average molecular weight is 381 g/mol. The number of nitrogens with one attached hydrogen (secondary N) is 2. The lowest BCUT2D eigenvalue weighted by Gasteiger charge is -2.20. The molecule has 28 heavy (non-hydrogen) atoms. The summed E-state index contributed by atoms with van der Waals surface area (Å²) in [4.78, 5) is 38.0. The van der Waals surface area contributed by atoms with E-state index in [1.54, 1.807) is 43.3 Å². The molecule has 1 saturated heterocycles. The van der Waals surface area contributed by atoms with Crippen LogP contribution in [0.3, 0.4) is 0 Å². The van der Waals surface area contributed by atoms with Gasteiger partial charge in [-0.25, -0.2) is 9.18 Å². The summed E-state index contributed by atoms with van der Waals surface area (Å²) >= 11 is 0. The number of hydrogen-bond acceptors (Lipinski definition) is 3. The number of halogens is 1. The minimum absolute atomic E-state index is 0.149. The van der Waals surface area contributed by atoms with Gasteiger partial charge in [-0.3, -0.25) is 14.5 Å². The van der Waals surface area contributed by atoms with Crippen molar-refractivity contribution < 1.29 is 18.8 Å². The van der Waals surface area contributed by atoms with E-state index in [1.807, 2.05) is 0 Å². The van der Waals surface area contributed by atoms with Crippen LogP contribution in [0.2, 0.25) is 0 Å². The summed E-state index contributed by atoms with van der Waals surface area (Å²) < 4.78 is 13.0. The molecule has 4 amide bonds. The van der Waals surface area contributed by atoms with Crippen LogP contribution in [0.4, 0.5) is 14.9 Å². The highest BCUT2D eigenvalue weighted by Crippen LogP contribution is 2.42. The minimum Gasteiger partial charge on any atom is -0.325 e. The Hall–Kier alpha value is -3.22. The first-order valence-corrected chi connectivity index (χ1v) is 9.17. The van der Waals surface area contributed by atoms with Crippen molar-refractivity contribution in [1.29, 1.82) is 0 Å². The Morgan fingerprint density at radius 2 is 1.68 bits per heavy atom. The largest absolute Gasteiger partial charge is 0.325 e. The topological polar surface area (TPSA) is 78.5 Å². The summed E-state index contributed by atoms with van der Waals surface area (Å²) in [7, 11) is 0. The van der Waals surface area contributed by atoms with E-state index in [2.05, 4.69) is 10.6 Å². The molecule has 0 radical (unpaired) electrons. The fourth-order valence-corrected chi connectivity index (χ4v) is 3.53. The Morgan fingerprint density at radius 3 is 2.25 bits per heavy atom. The molecule has 144 valence electrons. The molecule has 2 aromatic rings. The van der Waals surface area contributed by atoms with E-state index in [0.717, 1.165) is 28.9 Å². The second-order valence-corrected chi connectivity index (χ2v) is 7.43. The van der Waals surface area contributed by atoms with Gasteiger partial charge >= 0.3 is 6.03 Å². The SMILES string of the molecule is C[C@@]1(C2CC2)NC(=O)N(CC(=O)Nc2ccc(-c3ccc(F)cc3)cc2)C1=O. The maximum atomic E-state index is 13.0. The summed E-state index contributed by atoms with van der Waals surface area (Å²) in [5, 5.41) is 5.42. The first-order valence-electron chi connectivity index (χ1n) is 9.17. The van der Waals surface area contributed by atoms with E-state index >= 15 is 0 Å². The van der Waals surface area contributed by atoms with Crippen molar-refractivity contribution in [1.82, 2.24) is 10.2 Å². The molecular formula is C21H20FN3O3. The zero-order valence-corrected chi connectivity index (χ0v) is 15.4. The van der Waals surface area contributed by atoms with Gasteiger partial charge in [0.2, 0.25) is 5.91 Å². The second kappa shape index (κ2) is 6.74. The quantitative estimate of drug-likeness (QED) is 0.781. The number of anilines is 1. The van der Waals surface area contributed by atoms with Gasteiger partial charge in [0.1, 0.15) is 17.9 Å². The lowest BCUT2D eigenvalue weighted by Crippen LogP contribution is -2.46. The fraction of sp³-hybridized carbons (Fsp3) is 0.286. The molecule has 0 unspecified atom stereocenters. The summed E-state index contributed by atoms with van der Waals surface area (Å²) in [6.45, 7) is 1.39. The lowest BCUT2D eigenvalue weighted by molar-refractivity contribution is -0.134. The van der Waals surface area contributed by atoms with Crippen LogP contribution >= 0.6 is 0 Å². The van der Waals surface area contributed by atoms with Gasteiger partial charge in [-0.05, 0) is 61.1 Å². The molecule has 2 aromatic carbocycles. The van der Waals surface area contributed by atoms with Crippen molar-refractivity contribution in [2.45, 2.75) is 25.3 Å². The predicted molar refractivity (Wildman–Crippen MR) is 102 cm³/mol. The number of benzene rings is 2. The van der Waals surface area contributed by atoms with E-state index in [-0.39, 0.29) is 24.2 Å². The molecule has 0 bridgehead atoms. The lowest BCUT2D eigenvalue weighted by atomic mass is 9.96. The first kappa shape index (κ1) is 18.2. The molecule has 1 heterocycles. The molecule has 1 saturated carbocycles. The Bertz CT molecular complexity index is 938. The van der Waals surface area contributed by atoms with Crippen molar-refractivity contribution in [2.24, 2.45) is 5.92 Å². The maximum absolute atomic E-state index is 13.0. The van der Waals surface area contributed by atoms with Crippen LogP contribution in [-0.2, 0) is 9.59 Å². The van der Waals surface area contributed by atoms with Crippen molar-refractivity contribution in [3.63, 3.8) is 0 Å². The molecule has 1 aliphatic heterocycles. The highest BCUT2D eigenvalue weighted by molar-refractivity contribution is 6.10. The number of nitrogens with zero attached hydrogens (tertiary/aromatic N) is 1. The van der Waals surface area contributed by atoms with Crippen LogP contribution in [0.5, 0.6) is 0 Å². The smallest absolute Gasteiger partial charge is 0.325 e. The van der Waals surface area contributed by atoms with Gasteiger partial charge in [0.25, 0.3) is 5.91 Å². The highest BCUT2D eigenvalue weighted by Gasteiger charge is 2.56. The number of amides is 4. The first-order chi connectivity index (χ1) is 13.4. The van der Waals surface area contributed by atoms with Gasteiger partial charge in [-0.1, -0.05) is 24.3 Å². The zero-order chi connectivity index (χ0) is 19.9. The molecule has 1 atom stereocenters. The summed E-state index contributed by atoms with van der Waals surface area (Å²) in [5.41, 5.74) is 1.40. The van der Waals surface area contributed by atoms with Gasteiger partial charge in [-0.15, -0.1) is 0 Å². The third-order valence-corrected chi connectivity index (χ3v) is 5.34. The Labute approximate surface area is 161 Å². The Kier molecular flexibility index (Phi) is 4.37. The Morgan fingerprint density at radius 1 is 1.11 bits per heavy atom. The number of imide groups is 1. The molecule has 1 aliphatic carbocycles. The number of carbonyl (C=O) groups is 3. The van der Waals surface area contributed by atoms with Crippen LogP contribution in [-0.4, -0.2) is 34.8 Å². The van der Waals surface area contributed by atoms with E-state index in [0.29, 0.717) is 5.69 Å². The second-order valence-electron chi connectivity index (χ2n) is 7.43. The molecular weight excluding hydrogens is 361 g/mol. The monoisotopic (exact) mass is 381 g/mol. The van der Waals surface area contributed by atoms with Crippen molar-refractivity contribution in [3.05, 3.63) is 54.3 Å². The molecule has 0 aromatic heterocycles. The predicted octanol–water partition coefficient (Wildman–Crippen LogP) is 3.15. The molecule has 7 heteroatoms. The summed E-state index contributed by atoms with van der Waals surface area (Å²) in [6.07, 6.45) is 1.81. The van der Waals surface area contributed by atoms with Crippen LogP contribution in [0.1, 0.15) is 19.8 Å². The van der Waals surface area contributed by atoms with E-state index in [9.17, 15) is 18.8 Å². The van der Waals surface area contributed by atoms with Gasteiger partial charge in [0.05, 0.1) is 0 Å². The molecule has 2 N–H and O–H groups in total. The van der Waals surface area contributed by atoms with Crippen LogP contribution in [0.15, 0.2) is 48.5 Å². The summed E-state index contributed by atoms with van der Waals surface area (Å²) in [6, 6.07) is 12.7. The fourth-order valence-electron chi connectivity index (χ4n) is 3.53. The van der Waals surface area contributed by atoms with Gasteiger partial charge in [0.15, 0.2) is 0 Å². The van der Waals surface area contributed by atoms with Crippen LogP contribution in [0, 0.1) is 11.7 Å². The molecule has 0 spiro atoms. The van der Waals surface area contributed by atoms with Crippen molar-refractivity contribution in [2.75, 3.05) is 11.9 Å². The third-order valence-electron chi connectivity index (χ3n) is 5.34. The molecule has 2 fully saturated rings. The van der Waals surface area contributed by atoms with E-state index < -0.39 is 17.5 Å². The molecule has 4 rings (SSSR count).